The summed E-state index contributed by atoms with van der Waals surface area (Å²) in [5, 5.41) is 14.1. The highest BCUT2D eigenvalue weighted by Crippen LogP contribution is 2.68. The van der Waals surface area contributed by atoms with Gasteiger partial charge in [-0.1, -0.05) is 12.1 Å². The maximum Gasteiger partial charge on any atom is 0.293 e. The van der Waals surface area contributed by atoms with Gasteiger partial charge in [0.2, 0.25) is 27.7 Å². The molecule has 0 spiro atoms. The Bertz CT molecular complexity index is 2600. The van der Waals surface area contributed by atoms with Crippen LogP contribution in [0.1, 0.15) is 74.3 Å². The summed E-state index contributed by atoms with van der Waals surface area (Å²) in [5.74, 6) is -9.16. The monoisotopic (exact) mass is 812 g/mol. The van der Waals surface area contributed by atoms with Crippen LogP contribution in [-0.2, 0) is 56.0 Å². The Morgan fingerprint density at radius 2 is 1.74 bits per heavy atom. The fourth-order valence-electron chi connectivity index (χ4n) is 7.85. The third-order valence-electron chi connectivity index (χ3n) is 10.00. The Morgan fingerprint density at radius 1 is 1.05 bits per heavy atom. The van der Waals surface area contributed by atoms with Crippen LogP contribution in [0.4, 0.5) is 33.5 Å². The molecule has 300 valence electrons. The van der Waals surface area contributed by atoms with Crippen LogP contribution in [0.2, 0.25) is 0 Å². The van der Waals surface area contributed by atoms with Crippen molar-refractivity contribution in [3.05, 3.63) is 88.5 Å². The fourth-order valence-corrected chi connectivity index (χ4v) is 8.76. The van der Waals surface area contributed by atoms with Gasteiger partial charge in [0.15, 0.2) is 5.82 Å². The van der Waals surface area contributed by atoms with Gasteiger partial charge < -0.3 is 10.6 Å². The lowest BCUT2D eigenvalue weighted by Crippen LogP contribution is -2.35. The number of pyridine rings is 1. The second-order valence-corrected chi connectivity index (χ2v) is 16.8. The molecule has 13 nitrogen and oxygen atoms in total. The molecule has 2 N–H and O–H groups in total. The smallest absolute Gasteiger partial charge is 0.293 e. The van der Waals surface area contributed by atoms with Crippen LogP contribution >= 0.6 is 0 Å². The molecule has 5 aromatic rings. The van der Waals surface area contributed by atoms with E-state index in [-0.39, 0.29) is 57.8 Å². The molecule has 3 heterocycles. The molecule has 3 atom stereocenters. The van der Waals surface area contributed by atoms with E-state index >= 15 is 13.2 Å². The van der Waals surface area contributed by atoms with E-state index in [4.69, 9.17) is 0 Å². The Labute approximate surface area is 323 Å². The van der Waals surface area contributed by atoms with E-state index in [2.05, 4.69) is 25.8 Å². The van der Waals surface area contributed by atoms with Crippen LogP contribution in [0.5, 0.6) is 0 Å². The van der Waals surface area contributed by atoms with Gasteiger partial charge in [0.1, 0.15) is 35.2 Å². The summed E-state index contributed by atoms with van der Waals surface area (Å²) < 4.78 is 104. The minimum absolute atomic E-state index is 0.0757. The van der Waals surface area contributed by atoms with Crippen molar-refractivity contribution >= 4 is 50.2 Å². The number of hydrogen-bond donors (Lipinski definition) is 2. The van der Waals surface area contributed by atoms with Crippen molar-refractivity contribution in [1.29, 1.82) is 0 Å². The zero-order valence-corrected chi connectivity index (χ0v) is 32.3. The first-order valence-corrected chi connectivity index (χ1v) is 19.6. The van der Waals surface area contributed by atoms with Crippen LogP contribution in [0, 0.1) is 17.6 Å². The number of carbonyl (C=O) groups excluding carboxylic acids is 3. The highest BCUT2D eigenvalue weighted by Gasteiger charge is 2.67. The molecule has 2 aromatic carbocycles. The van der Waals surface area contributed by atoms with Gasteiger partial charge in [0, 0.05) is 55.0 Å². The quantitative estimate of drug-likeness (QED) is 0.156. The van der Waals surface area contributed by atoms with Gasteiger partial charge in [0.05, 0.1) is 35.4 Å². The molecule has 3 amide bonds. The molecule has 2 aliphatic carbocycles. The maximum absolute atomic E-state index is 15.6. The molecule has 2 aliphatic rings. The molecule has 1 saturated carbocycles. The van der Waals surface area contributed by atoms with Gasteiger partial charge in [-0.25, -0.2) is 21.6 Å². The van der Waals surface area contributed by atoms with Gasteiger partial charge in [-0.05, 0) is 62.4 Å². The summed E-state index contributed by atoms with van der Waals surface area (Å²) >= 11 is 0. The number of benzene rings is 2. The Morgan fingerprint density at radius 3 is 2.35 bits per heavy atom. The van der Waals surface area contributed by atoms with Crippen LogP contribution in [0.3, 0.4) is 0 Å². The zero-order valence-electron chi connectivity index (χ0n) is 31.5. The van der Waals surface area contributed by atoms with E-state index in [0.29, 0.717) is 21.5 Å². The predicted molar refractivity (Wildman–Crippen MR) is 198 cm³/mol. The van der Waals surface area contributed by atoms with Crippen LogP contribution in [-0.4, -0.2) is 56.9 Å². The van der Waals surface area contributed by atoms with E-state index < -0.39 is 81.1 Å². The Kier molecular flexibility index (Phi) is 9.52. The summed E-state index contributed by atoms with van der Waals surface area (Å²) in [5.41, 5.74) is -1.52. The lowest BCUT2D eigenvalue weighted by atomic mass is 9.93. The van der Waals surface area contributed by atoms with E-state index in [9.17, 15) is 31.6 Å². The third-order valence-corrected chi connectivity index (χ3v) is 11.1. The predicted octanol–water partition coefficient (Wildman–Crippen LogP) is 5.89. The number of amides is 3. The molecular formula is C38H37F5N8O5S. The molecule has 3 aromatic heterocycles. The van der Waals surface area contributed by atoms with Crippen molar-refractivity contribution < 1.29 is 44.8 Å². The van der Waals surface area contributed by atoms with E-state index in [1.807, 2.05) is 0 Å². The number of anilines is 2. The normalized spacial score (nSPS) is 17.5. The molecule has 57 heavy (non-hydrogen) atoms. The van der Waals surface area contributed by atoms with Crippen molar-refractivity contribution in [3.8, 4) is 11.1 Å². The molecule has 0 aliphatic heterocycles. The summed E-state index contributed by atoms with van der Waals surface area (Å²) in [7, 11) is -2.65. The first kappa shape index (κ1) is 39.5. The number of hydrogen-bond acceptors (Lipinski definition) is 8. The average Bonchev–Trinajstić information content (AvgIpc) is 3.61. The number of aromatic nitrogens is 5. The number of alkyl halides is 3. The largest absolute Gasteiger partial charge is 0.346 e. The lowest BCUT2D eigenvalue weighted by Gasteiger charge is -2.23. The van der Waals surface area contributed by atoms with Gasteiger partial charge in [0.25, 0.3) is 5.92 Å². The number of sulfonamides is 1. The summed E-state index contributed by atoms with van der Waals surface area (Å²) in [6.45, 7) is 3.95. The molecule has 0 radical (unpaired) electrons. The average molecular weight is 813 g/mol. The highest BCUT2D eigenvalue weighted by molar-refractivity contribution is 7.92. The molecule has 0 saturated heterocycles. The molecule has 7 rings (SSSR count). The van der Waals surface area contributed by atoms with Crippen LogP contribution in [0.15, 0.2) is 48.7 Å². The van der Waals surface area contributed by atoms with Gasteiger partial charge in [-0.15, -0.1) is 0 Å². The second-order valence-electron chi connectivity index (χ2n) is 14.9. The van der Waals surface area contributed by atoms with Gasteiger partial charge >= 0.3 is 0 Å². The number of carbonyl (C=O) groups is 3. The number of nitrogens with one attached hydrogen (secondary N) is 2. The standard InChI is InChI=1S/C38H37F5N8O5S/c1-18(52)45-23-14-26(24-8-7-9-25-33(24)49(5)48-36(25)51(19(2)53)57(6,55)56)32(44-16-23)29(12-20-10-21(39)13-22(40)11-20)46-30(54)17-50-35-31(34(47-50)37(3,4)41)27-15-28(27)38(35,42)43/h7-11,13-14,16,27-29H,12,15,17H2,1-6H3,(H,45,52)(H,46,54)/t27-,28+,29-/m0/s1. The SMILES string of the molecule is CC(=O)Nc1cnc([C@H](Cc2cc(F)cc(F)c2)NC(=O)Cn2nc(C(C)(C)F)c3c2C(F)(F)[C@@H]2C[C@H]32)c(-c2cccc3c(N(C(C)=O)S(C)(=O)=O)nn(C)c23)c1. The maximum atomic E-state index is 15.6. The van der Waals surface area contributed by atoms with Crippen LogP contribution < -0.4 is 14.9 Å². The molecular weight excluding hydrogens is 776 g/mol. The summed E-state index contributed by atoms with van der Waals surface area (Å²) in [6, 6.07) is 7.74. The molecule has 0 bridgehead atoms. The Hall–Kier alpha value is -5.72. The number of nitrogens with zero attached hydrogens (tertiary/aromatic N) is 6. The minimum atomic E-state index is -4.15. The number of fused-ring (bicyclic) bond motifs is 4. The van der Waals surface area contributed by atoms with E-state index in [0.717, 1.165) is 30.0 Å². The van der Waals surface area contributed by atoms with E-state index in [1.165, 1.54) is 50.8 Å². The number of para-hydroxylation sites is 1. The van der Waals surface area contributed by atoms with Gasteiger partial charge in [-0.2, -0.15) is 23.3 Å². The van der Waals surface area contributed by atoms with Gasteiger partial charge in [-0.3, -0.25) is 28.7 Å². The number of rotatable bonds is 11. The molecule has 19 heteroatoms. The summed E-state index contributed by atoms with van der Waals surface area (Å²) in [4.78, 5) is 43.3. The van der Waals surface area contributed by atoms with Crippen molar-refractivity contribution in [2.45, 2.75) is 70.6 Å². The Balaban J connectivity index is 1.37. The number of halogens is 5. The first-order chi connectivity index (χ1) is 26.6. The van der Waals surface area contributed by atoms with Crippen molar-refractivity contribution in [3.63, 3.8) is 0 Å². The molecule has 0 unspecified atom stereocenters. The number of aryl methyl sites for hydroxylation is 1. The van der Waals surface area contributed by atoms with Crippen molar-refractivity contribution in [2.75, 3.05) is 15.9 Å². The minimum Gasteiger partial charge on any atom is -0.346 e. The van der Waals surface area contributed by atoms with Crippen LogP contribution in [0.25, 0.3) is 22.0 Å². The lowest BCUT2D eigenvalue weighted by molar-refractivity contribution is -0.123. The third kappa shape index (κ3) is 7.23. The van der Waals surface area contributed by atoms with E-state index in [1.54, 1.807) is 12.1 Å². The second kappa shape index (κ2) is 13.7. The zero-order chi connectivity index (χ0) is 41.5. The van der Waals surface area contributed by atoms with Crippen molar-refractivity contribution in [2.24, 2.45) is 13.0 Å². The molecule has 1 fully saturated rings. The topological polar surface area (TPSA) is 161 Å². The fraction of sp³-hybridized carbons (Fsp3) is 0.368. The van der Waals surface area contributed by atoms with Crippen molar-refractivity contribution in [1.82, 2.24) is 29.9 Å². The highest BCUT2D eigenvalue weighted by atomic mass is 32.2. The first-order valence-electron chi connectivity index (χ1n) is 17.7. The summed E-state index contributed by atoms with van der Waals surface area (Å²) in [6.07, 6.45) is 2.01.